The molecule has 0 aliphatic heterocycles. The third kappa shape index (κ3) is 3.19. The quantitative estimate of drug-likeness (QED) is 0.858. The lowest BCUT2D eigenvalue weighted by Gasteiger charge is -2.10. The molecule has 0 amide bonds. The Labute approximate surface area is 111 Å². The summed E-state index contributed by atoms with van der Waals surface area (Å²) in [5.74, 6) is -0.0597. The Morgan fingerprint density at radius 2 is 1.67 bits per heavy atom. The fraction of sp³-hybridized carbons (Fsp3) is 0.133. The number of nitrogens with two attached hydrogens (primary N) is 1. The van der Waals surface area contributed by atoms with Gasteiger partial charge in [0.2, 0.25) is 0 Å². The van der Waals surface area contributed by atoms with Crippen molar-refractivity contribution in [2.45, 2.75) is 12.5 Å². The fourth-order valence-electron chi connectivity index (χ4n) is 1.79. The molecule has 0 saturated heterocycles. The van der Waals surface area contributed by atoms with Crippen LogP contribution < -0.4 is 5.73 Å². The molecule has 0 saturated carbocycles. The lowest BCUT2D eigenvalue weighted by molar-refractivity contribution is 0.0961. The third-order valence-electron chi connectivity index (χ3n) is 2.76. The Balaban J connectivity index is 2.07. The molecule has 0 aromatic heterocycles. The Morgan fingerprint density at radius 3 is 2.28 bits per heavy atom. The summed E-state index contributed by atoms with van der Waals surface area (Å²) in [4.78, 5) is 12.1. The second kappa shape index (κ2) is 5.80. The van der Waals surface area contributed by atoms with Crippen molar-refractivity contribution < 1.29 is 4.79 Å². The second-order valence-corrected chi connectivity index (χ2v) is 4.60. The molecule has 0 bridgehead atoms. The smallest absolute Gasteiger partial charge is 0.179 e. The highest BCUT2D eigenvalue weighted by Gasteiger charge is 2.15. The van der Waals surface area contributed by atoms with Crippen molar-refractivity contribution in [1.29, 1.82) is 0 Å². The van der Waals surface area contributed by atoms with Crippen molar-refractivity contribution in [3.8, 4) is 0 Å². The molecule has 1 atom stereocenters. The Hall–Kier alpha value is -1.64. The highest BCUT2D eigenvalue weighted by molar-refractivity contribution is 6.30. The summed E-state index contributed by atoms with van der Waals surface area (Å²) in [6.07, 6.45) is 0.544. The van der Waals surface area contributed by atoms with E-state index in [1.807, 2.05) is 30.3 Å². The number of hydrogen-bond donors (Lipinski definition) is 1. The van der Waals surface area contributed by atoms with E-state index in [0.717, 1.165) is 5.56 Å². The summed E-state index contributed by atoms with van der Waals surface area (Å²) in [6.45, 7) is 0. The zero-order valence-corrected chi connectivity index (χ0v) is 10.6. The van der Waals surface area contributed by atoms with Gasteiger partial charge < -0.3 is 5.73 Å². The monoisotopic (exact) mass is 259 g/mol. The minimum Gasteiger partial charge on any atom is -0.321 e. The first-order valence-electron chi connectivity index (χ1n) is 5.76. The predicted molar refractivity (Wildman–Crippen MR) is 73.9 cm³/mol. The lowest BCUT2D eigenvalue weighted by atomic mass is 9.98. The average Bonchev–Trinajstić information content (AvgIpc) is 2.40. The Kier molecular flexibility index (Phi) is 4.13. The number of rotatable bonds is 4. The molecule has 92 valence electrons. The maximum Gasteiger partial charge on any atom is 0.179 e. The number of halogens is 1. The zero-order valence-electron chi connectivity index (χ0n) is 9.84. The molecule has 2 aromatic carbocycles. The van der Waals surface area contributed by atoms with Crippen molar-refractivity contribution in [2.75, 3.05) is 0 Å². The van der Waals surface area contributed by atoms with Gasteiger partial charge in [0.05, 0.1) is 6.04 Å². The molecule has 0 fully saturated rings. The van der Waals surface area contributed by atoms with E-state index in [0.29, 0.717) is 17.0 Å². The Morgan fingerprint density at radius 1 is 1.06 bits per heavy atom. The van der Waals surface area contributed by atoms with Gasteiger partial charge in [0.1, 0.15) is 0 Å². The highest BCUT2D eigenvalue weighted by Crippen LogP contribution is 2.12. The van der Waals surface area contributed by atoms with Gasteiger partial charge >= 0.3 is 0 Å². The average molecular weight is 260 g/mol. The van der Waals surface area contributed by atoms with Gasteiger partial charge in [-0.15, -0.1) is 0 Å². The second-order valence-electron chi connectivity index (χ2n) is 4.17. The molecule has 0 heterocycles. The maximum atomic E-state index is 12.1. The largest absolute Gasteiger partial charge is 0.321 e. The summed E-state index contributed by atoms with van der Waals surface area (Å²) in [6, 6.07) is 16.0. The topological polar surface area (TPSA) is 43.1 Å². The van der Waals surface area contributed by atoms with Gasteiger partial charge in [-0.1, -0.05) is 41.9 Å². The predicted octanol–water partition coefficient (Wildman–Crippen LogP) is 3.09. The van der Waals surface area contributed by atoms with E-state index in [9.17, 15) is 4.79 Å². The molecular formula is C15H14ClNO. The summed E-state index contributed by atoms with van der Waals surface area (Å²) in [5, 5.41) is 0.614. The molecular weight excluding hydrogens is 246 g/mol. The number of hydrogen-bond acceptors (Lipinski definition) is 2. The lowest BCUT2D eigenvalue weighted by Crippen LogP contribution is -2.32. The van der Waals surface area contributed by atoms with Crippen LogP contribution in [-0.2, 0) is 6.42 Å². The first-order valence-corrected chi connectivity index (χ1v) is 6.14. The first kappa shape index (κ1) is 12.8. The summed E-state index contributed by atoms with van der Waals surface area (Å²) in [5.41, 5.74) is 7.60. The van der Waals surface area contributed by atoms with Crippen LogP contribution in [0.15, 0.2) is 54.6 Å². The van der Waals surface area contributed by atoms with E-state index in [-0.39, 0.29) is 5.78 Å². The van der Waals surface area contributed by atoms with Gasteiger partial charge in [0.15, 0.2) is 5.78 Å². The van der Waals surface area contributed by atoms with Crippen LogP contribution in [0.25, 0.3) is 0 Å². The third-order valence-corrected chi connectivity index (χ3v) is 3.02. The van der Waals surface area contributed by atoms with Crippen LogP contribution >= 0.6 is 11.6 Å². The van der Waals surface area contributed by atoms with Gasteiger partial charge in [0, 0.05) is 10.6 Å². The van der Waals surface area contributed by atoms with Crippen molar-refractivity contribution in [3.05, 3.63) is 70.7 Å². The van der Waals surface area contributed by atoms with Gasteiger partial charge in [-0.2, -0.15) is 0 Å². The van der Waals surface area contributed by atoms with Crippen LogP contribution in [0.2, 0.25) is 5.02 Å². The molecule has 0 spiro atoms. The number of Topliss-reactive ketones (excluding diaryl/α,β-unsaturated/α-hetero) is 1. The van der Waals surface area contributed by atoms with Crippen LogP contribution in [-0.4, -0.2) is 11.8 Å². The van der Waals surface area contributed by atoms with Crippen molar-refractivity contribution in [2.24, 2.45) is 5.73 Å². The first-order chi connectivity index (χ1) is 8.66. The van der Waals surface area contributed by atoms with Gasteiger partial charge in [-0.3, -0.25) is 4.79 Å². The van der Waals surface area contributed by atoms with Crippen LogP contribution in [0.4, 0.5) is 0 Å². The van der Waals surface area contributed by atoms with Crippen LogP contribution in [0.1, 0.15) is 15.9 Å². The standard InChI is InChI=1S/C15H14ClNO/c16-13-8-6-12(7-9-13)15(18)14(17)10-11-4-2-1-3-5-11/h1-9,14H,10,17H2. The number of carbonyl (C=O) groups excluding carboxylic acids is 1. The molecule has 0 aliphatic carbocycles. The van der Waals surface area contributed by atoms with Crippen LogP contribution in [0.3, 0.4) is 0 Å². The minimum absolute atomic E-state index is 0.0597. The van der Waals surface area contributed by atoms with E-state index in [1.54, 1.807) is 24.3 Å². The molecule has 2 nitrogen and oxygen atoms in total. The van der Waals surface area contributed by atoms with Gasteiger partial charge in [0.25, 0.3) is 0 Å². The summed E-state index contributed by atoms with van der Waals surface area (Å²) < 4.78 is 0. The molecule has 18 heavy (non-hydrogen) atoms. The van der Waals surface area contributed by atoms with Crippen LogP contribution in [0, 0.1) is 0 Å². The van der Waals surface area contributed by atoms with Crippen molar-refractivity contribution >= 4 is 17.4 Å². The molecule has 2 aromatic rings. The Bertz CT molecular complexity index is 522. The number of carbonyl (C=O) groups is 1. The molecule has 2 N–H and O–H groups in total. The molecule has 0 radical (unpaired) electrons. The number of benzene rings is 2. The van der Waals surface area contributed by atoms with Crippen molar-refractivity contribution in [3.63, 3.8) is 0 Å². The fourth-order valence-corrected chi connectivity index (χ4v) is 1.91. The molecule has 1 unspecified atom stereocenters. The number of ketones is 1. The van der Waals surface area contributed by atoms with E-state index in [2.05, 4.69) is 0 Å². The van der Waals surface area contributed by atoms with E-state index < -0.39 is 6.04 Å². The minimum atomic E-state index is -0.520. The summed E-state index contributed by atoms with van der Waals surface area (Å²) >= 11 is 5.78. The molecule has 0 aliphatic rings. The van der Waals surface area contributed by atoms with Gasteiger partial charge in [-0.05, 0) is 36.2 Å². The summed E-state index contributed by atoms with van der Waals surface area (Å²) in [7, 11) is 0. The van der Waals surface area contributed by atoms with Crippen molar-refractivity contribution in [1.82, 2.24) is 0 Å². The van der Waals surface area contributed by atoms with Crippen LogP contribution in [0.5, 0.6) is 0 Å². The maximum absolute atomic E-state index is 12.1. The van der Waals surface area contributed by atoms with E-state index in [1.165, 1.54) is 0 Å². The van der Waals surface area contributed by atoms with Gasteiger partial charge in [-0.25, -0.2) is 0 Å². The van der Waals surface area contributed by atoms with E-state index >= 15 is 0 Å². The molecule has 2 rings (SSSR count). The normalized spacial score (nSPS) is 12.1. The highest BCUT2D eigenvalue weighted by atomic mass is 35.5. The SMILES string of the molecule is NC(Cc1ccccc1)C(=O)c1ccc(Cl)cc1. The molecule has 3 heteroatoms. The zero-order chi connectivity index (χ0) is 13.0. The van der Waals surface area contributed by atoms with E-state index in [4.69, 9.17) is 17.3 Å².